The maximum absolute atomic E-state index is 14.2. The molecular formula is C40H31F4N9O4. The number of esters is 1. The molecule has 0 saturated heterocycles. The van der Waals surface area contributed by atoms with Crippen LogP contribution < -0.4 is 10.6 Å². The number of ketones is 2. The van der Waals surface area contributed by atoms with Gasteiger partial charge in [-0.05, 0) is 59.7 Å². The second-order valence-corrected chi connectivity index (χ2v) is 13.5. The third-order valence-electron chi connectivity index (χ3n) is 10.2. The molecule has 288 valence electrons. The number of aryl methyl sites for hydroxylation is 2. The summed E-state index contributed by atoms with van der Waals surface area (Å²) in [5.41, 5.74) is 3.47. The number of anilines is 2. The number of Topliss-reactive ketones (excluding diaryl/α,β-unsaturated/α-hetero) is 2. The van der Waals surface area contributed by atoms with Crippen molar-refractivity contribution >= 4 is 34.6 Å². The summed E-state index contributed by atoms with van der Waals surface area (Å²) in [6.45, 7) is -0.0459. The molecule has 4 unspecified atom stereocenters. The number of ether oxygens (including phenoxy) is 1. The minimum absolute atomic E-state index is 0.0182. The third-order valence-corrected chi connectivity index (χ3v) is 10.2. The van der Waals surface area contributed by atoms with Crippen LogP contribution in [0.5, 0.6) is 0 Å². The molecule has 13 nitrogen and oxygen atoms in total. The lowest BCUT2D eigenvalue weighted by Crippen LogP contribution is -2.37. The van der Waals surface area contributed by atoms with Gasteiger partial charge in [-0.3, -0.25) is 23.9 Å². The topological polar surface area (TPSA) is 158 Å². The number of nitrogens with one attached hydrogen (secondary N) is 2. The SMILES string of the molecule is COC(=O)c1cc(F)cc2c1C(=O)C(c1ncnn1C)C(c1ccc(F)cc1)N2.Cn1ncnc1C1C2=NCC(=O)c3cc(F)cc(c32)NC1c1ccc(F)cc1. The zero-order chi connectivity index (χ0) is 40.1. The standard InChI is InChI=1S/C20H15F2N5O.C20H16F2N4O3/c1-27-20(24-9-25-27)17-18(10-2-4-11(21)5-3-10)26-14-7-12(22)6-13-15(28)8-23-19(17)16(13)14;1-26-19(23-9-24-26)16-17(10-3-5-11(21)6-4-10)25-14-8-12(22)7-13(20(28)29-2)15(14)18(16)27/h2-7,9,17-18,26H,8H2,1H3;3-9,16-17,25H,1-2H3. The monoisotopic (exact) mass is 777 g/mol. The molecule has 5 heterocycles. The van der Waals surface area contributed by atoms with Gasteiger partial charge in [-0.15, -0.1) is 0 Å². The summed E-state index contributed by atoms with van der Waals surface area (Å²) in [5.74, 6) is -3.70. The van der Waals surface area contributed by atoms with Crippen LogP contribution in [0.2, 0.25) is 0 Å². The molecule has 0 fully saturated rings. The van der Waals surface area contributed by atoms with Crippen LogP contribution in [0, 0.1) is 23.3 Å². The van der Waals surface area contributed by atoms with Gasteiger partial charge in [0.2, 0.25) is 0 Å². The quantitative estimate of drug-likeness (QED) is 0.156. The first-order chi connectivity index (χ1) is 27.4. The van der Waals surface area contributed by atoms with Crippen molar-refractivity contribution in [3.05, 3.63) is 154 Å². The van der Waals surface area contributed by atoms with E-state index in [1.54, 1.807) is 30.9 Å². The Balaban J connectivity index is 0.000000160. The largest absolute Gasteiger partial charge is 0.465 e. The number of aliphatic imine (C=N–C) groups is 1. The summed E-state index contributed by atoms with van der Waals surface area (Å²) >= 11 is 0. The lowest BCUT2D eigenvalue weighted by Gasteiger charge is -2.37. The highest BCUT2D eigenvalue weighted by atomic mass is 19.1. The van der Waals surface area contributed by atoms with Crippen LogP contribution in [-0.2, 0) is 18.8 Å². The van der Waals surface area contributed by atoms with Gasteiger partial charge in [0, 0.05) is 36.6 Å². The number of hydrogen-bond acceptors (Lipinski definition) is 11. The normalized spacial score (nSPS) is 19.2. The molecule has 2 N–H and O–H groups in total. The van der Waals surface area contributed by atoms with E-state index in [4.69, 9.17) is 4.74 Å². The first-order valence-corrected chi connectivity index (χ1v) is 17.5. The lowest BCUT2D eigenvalue weighted by molar-refractivity contribution is 0.0595. The highest BCUT2D eigenvalue weighted by Gasteiger charge is 2.44. The summed E-state index contributed by atoms with van der Waals surface area (Å²) in [6.07, 6.45) is 2.76. The Hall–Kier alpha value is -7.04. The Bertz CT molecular complexity index is 2610. The van der Waals surface area contributed by atoms with Crippen LogP contribution in [0.3, 0.4) is 0 Å². The van der Waals surface area contributed by atoms with Gasteiger partial charge in [0.05, 0.1) is 41.9 Å². The molecule has 4 atom stereocenters. The predicted octanol–water partition coefficient (Wildman–Crippen LogP) is 6.04. The highest BCUT2D eigenvalue weighted by Crippen LogP contribution is 2.46. The van der Waals surface area contributed by atoms with E-state index in [9.17, 15) is 31.9 Å². The van der Waals surface area contributed by atoms with E-state index in [1.807, 2.05) is 0 Å². The van der Waals surface area contributed by atoms with Crippen molar-refractivity contribution in [3.63, 3.8) is 0 Å². The molecule has 0 saturated carbocycles. The molecule has 0 spiro atoms. The maximum atomic E-state index is 14.2. The van der Waals surface area contributed by atoms with Crippen LogP contribution in [0.15, 0.2) is 90.4 Å². The zero-order valence-electron chi connectivity index (χ0n) is 30.4. The number of aromatic nitrogens is 6. The number of carbonyl (C=O) groups excluding carboxylic acids is 3. The second-order valence-electron chi connectivity index (χ2n) is 13.5. The Morgan fingerprint density at radius 1 is 0.702 bits per heavy atom. The molecule has 4 aromatic carbocycles. The van der Waals surface area contributed by atoms with Crippen LogP contribution >= 0.6 is 0 Å². The third kappa shape index (κ3) is 6.59. The number of rotatable bonds is 5. The fourth-order valence-corrected chi connectivity index (χ4v) is 7.62. The molecule has 0 bridgehead atoms. The van der Waals surface area contributed by atoms with Crippen molar-refractivity contribution in [2.75, 3.05) is 24.3 Å². The van der Waals surface area contributed by atoms with Crippen molar-refractivity contribution in [1.82, 2.24) is 29.5 Å². The fourth-order valence-electron chi connectivity index (χ4n) is 7.62. The van der Waals surface area contributed by atoms with Gasteiger partial charge < -0.3 is 15.4 Å². The van der Waals surface area contributed by atoms with Crippen LogP contribution in [0.1, 0.15) is 83.3 Å². The van der Waals surface area contributed by atoms with Crippen molar-refractivity contribution in [1.29, 1.82) is 0 Å². The van der Waals surface area contributed by atoms with Crippen molar-refractivity contribution < 1.29 is 36.7 Å². The second kappa shape index (κ2) is 14.6. The molecule has 0 aliphatic carbocycles. The summed E-state index contributed by atoms with van der Waals surface area (Å²) in [4.78, 5) is 51.2. The fraction of sp³-hybridized carbons (Fsp3) is 0.200. The molecule has 9 rings (SSSR count). The predicted molar refractivity (Wildman–Crippen MR) is 197 cm³/mol. The molecule has 0 amide bonds. The van der Waals surface area contributed by atoms with Crippen molar-refractivity contribution in [2.45, 2.75) is 23.9 Å². The van der Waals surface area contributed by atoms with Gasteiger partial charge in [-0.1, -0.05) is 24.3 Å². The summed E-state index contributed by atoms with van der Waals surface area (Å²) in [7, 11) is 4.57. The first kappa shape index (κ1) is 36.9. The van der Waals surface area contributed by atoms with E-state index in [1.165, 1.54) is 65.9 Å². The molecule has 3 aliphatic rings. The number of fused-ring (bicyclic) bond motifs is 1. The number of halogens is 4. The Morgan fingerprint density at radius 2 is 1.21 bits per heavy atom. The Labute approximate surface area is 321 Å². The van der Waals surface area contributed by atoms with E-state index < -0.39 is 41.2 Å². The number of hydrogen-bond donors (Lipinski definition) is 2. The molecule has 6 aromatic rings. The highest BCUT2D eigenvalue weighted by molar-refractivity contribution is 6.21. The van der Waals surface area contributed by atoms with Crippen molar-refractivity contribution in [2.24, 2.45) is 19.1 Å². The smallest absolute Gasteiger partial charge is 0.338 e. The van der Waals surface area contributed by atoms with Gasteiger partial charge in [0.1, 0.15) is 60.0 Å². The molecular weight excluding hydrogens is 746 g/mol. The van der Waals surface area contributed by atoms with Gasteiger partial charge in [0.15, 0.2) is 11.6 Å². The Morgan fingerprint density at radius 3 is 1.74 bits per heavy atom. The lowest BCUT2D eigenvalue weighted by atomic mass is 9.78. The maximum Gasteiger partial charge on any atom is 0.338 e. The Kier molecular flexibility index (Phi) is 9.43. The number of methoxy groups -OCH3 is 1. The molecule has 17 heteroatoms. The molecule has 0 radical (unpaired) electrons. The number of nitrogens with zero attached hydrogens (tertiary/aromatic N) is 7. The first-order valence-electron chi connectivity index (χ1n) is 17.5. The zero-order valence-corrected chi connectivity index (χ0v) is 30.4. The average Bonchev–Trinajstić information content (AvgIpc) is 3.82. The average molecular weight is 778 g/mol. The van der Waals surface area contributed by atoms with E-state index in [0.29, 0.717) is 39.7 Å². The van der Waals surface area contributed by atoms with Crippen LogP contribution in [0.25, 0.3) is 0 Å². The minimum Gasteiger partial charge on any atom is -0.465 e. The van der Waals surface area contributed by atoms with Crippen molar-refractivity contribution in [3.8, 4) is 0 Å². The van der Waals surface area contributed by atoms with Gasteiger partial charge >= 0.3 is 5.97 Å². The van der Waals surface area contributed by atoms with E-state index in [2.05, 4.69) is 35.8 Å². The molecule has 2 aromatic heterocycles. The molecule has 3 aliphatic heterocycles. The van der Waals surface area contributed by atoms with E-state index >= 15 is 0 Å². The number of benzene rings is 4. The summed E-state index contributed by atoms with van der Waals surface area (Å²) in [5, 5.41) is 14.6. The van der Waals surface area contributed by atoms with Gasteiger partial charge in [0.25, 0.3) is 0 Å². The summed E-state index contributed by atoms with van der Waals surface area (Å²) in [6, 6.07) is 15.4. The molecule has 57 heavy (non-hydrogen) atoms. The number of carbonyl (C=O) groups is 3. The van der Waals surface area contributed by atoms with Crippen LogP contribution in [0.4, 0.5) is 28.9 Å². The van der Waals surface area contributed by atoms with E-state index in [-0.39, 0.29) is 46.9 Å². The van der Waals surface area contributed by atoms with Crippen LogP contribution in [-0.4, -0.2) is 66.4 Å². The summed E-state index contributed by atoms with van der Waals surface area (Å²) < 4.78 is 63.0. The van der Waals surface area contributed by atoms with Gasteiger partial charge in [-0.2, -0.15) is 10.2 Å². The van der Waals surface area contributed by atoms with Gasteiger partial charge in [-0.25, -0.2) is 32.3 Å². The van der Waals surface area contributed by atoms with E-state index in [0.717, 1.165) is 24.8 Å². The minimum atomic E-state index is -0.880.